The van der Waals surface area contributed by atoms with Gasteiger partial charge >= 0.3 is 0 Å². The molecule has 41 heavy (non-hydrogen) atoms. The quantitative estimate of drug-likeness (QED) is 0.204. The van der Waals surface area contributed by atoms with Gasteiger partial charge in [-0.1, -0.05) is 133 Å². The molecule has 0 bridgehead atoms. The SMILES string of the molecule is [2H]c1c([2H])c([2H])c2c(c1[2H])c([2H])c([2H])c1oc3c4ccccc4c(-c4c5ccccc5c(-c5ccccc5)c5ccccc45)cc3c12. The Bertz CT molecular complexity index is 2740. The van der Waals surface area contributed by atoms with Gasteiger partial charge in [-0.15, -0.1) is 0 Å². The summed E-state index contributed by atoms with van der Waals surface area (Å²) in [4.78, 5) is 0. The van der Waals surface area contributed by atoms with E-state index in [1.54, 1.807) is 0 Å². The molecule has 0 spiro atoms. The van der Waals surface area contributed by atoms with Crippen molar-refractivity contribution in [3.8, 4) is 22.3 Å². The molecule has 9 rings (SSSR count). The van der Waals surface area contributed by atoms with Crippen molar-refractivity contribution in [2.75, 3.05) is 0 Å². The molecule has 0 saturated heterocycles. The summed E-state index contributed by atoms with van der Waals surface area (Å²) in [5.41, 5.74) is 4.92. The summed E-state index contributed by atoms with van der Waals surface area (Å²) in [7, 11) is 0. The van der Waals surface area contributed by atoms with Crippen molar-refractivity contribution in [2.24, 2.45) is 0 Å². The Morgan fingerprint density at radius 1 is 0.463 bits per heavy atom. The van der Waals surface area contributed by atoms with E-state index in [-0.39, 0.29) is 46.6 Å². The lowest BCUT2D eigenvalue weighted by atomic mass is 9.84. The summed E-state index contributed by atoms with van der Waals surface area (Å²) in [6, 6.07) is 35.4. The molecule has 0 radical (unpaired) electrons. The Balaban J connectivity index is 1.53. The molecule has 190 valence electrons. The van der Waals surface area contributed by atoms with Crippen LogP contribution in [0.5, 0.6) is 0 Å². The van der Waals surface area contributed by atoms with Gasteiger partial charge in [0.05, 0.1) is 8.22 Å². The molecule has 0 atom stereocenters. The minimum atomic E-state index is -0.426. The maximum atomic E-state index is 8.91. The molecule has 1 nitrogen and oxygen atoms in total. The first kappa shape index (κ1) is 17.3. The summed E-state index contributed by atoms with van der Waals surface area (Å²) in [6.45, 7) is 0. The van der Waals surface area contributed by atoms with Gasteiger partial charge in [-0.2, -0.15) is 0 Å². The second-order valence-corrected chi connectivity index (χ2v) is 10.4. The maximum absolute atomic E-state index is 8.91. The first-order valence-electron chi connectivity index (χ1n) is 16.6. The van der Waals surface area contributed by atoms with E-state index in [1.165, 1.54) is 0 Å². The standard InChI is InChI=1S/C40H24O/c1-2-13-26(14-3-1)37-29-17-7-9-19-31(29)38(32-20-10-8-18-30(32)37)34-24-35-39-27-15-5-4-12-25(27)22-23-36(39)41-40(35)33-21-11-6-16-28(33)34/h1-24H/i4D,5D,12D,15D,22D,23D. The van der Waals surface area contributed by atoms with Gasteiger partial charge in [0, 0.05) is 16.2 Å². The highest BCUT2D eigenvalue weighted by molar-refractivity contribution is 6.29. The van der Waals surface area contributed by atoms with Gasteiger partial charge in [-0.25, -0.2) is 0 Å². The van der Waals surface area contributed by atoms with Crippen LogP contribution in [0.15, 0.2) is 150 Å². The largest absolute Gasteiger partial charge is 0.455 e. The predicted octanol–water partition coefficient (Wildman–Crippen LogP) is 11.5. The van der Waals surface area contributed by atoms with E-state index in [0.29, 0.717) is 16.4 Å². The van der Waals surface area contributed by atoms with Crippen LogP contribution in [0.2, 0.25) is 0 Å². The van der Waals surface area contributed by atoms with E-state index in [1.807, 2.05) is 30.3 Å². The van der Waals surface area contributed by atoms with Crippen LogP contribution in [-0.4, -0.2) is 0 Å². The first-order chi connectivity index (χ1) is 22.9. The molecule has 1 heterocycles. The lowest BCUT2D eigenvalue weighted by molar-refractivity contribution is 0.673. The van der Waals surface area contributed by atoms with Crippen molar-refractivity contribution in [2.45, 2.75) is 0 Å². The zero-order valence-electron chi connectivity index (χ0n) is 27.8. The molecule has 1 heteroatoms. The number of furan rings is 1. The Morgan fingerprint density at radius 3 is 1.76 bits per heavy atom. The fourth-order valence-corrected chi connectivity index (χ4v) is 6.51. The number of fused-ring (bicyclic) bond motifs is 9. The topological polar surface area (TPSA) is 13.1 Å². The fourth-order valence-electron chi connectivity index (χ4n) is 6.51. The highest BCUT2D eigenvalue weighted by atomic mass is 16.3. The van der Waals surface area contributed by atoms with Crippen LogP contribution < -0.4 is 0 Å². The van der Waals surface area contributed by atoms with Gasteiger partial charge in [0.25, 0.3) is 0 Å². The third-order valence-electron chi connectivity index (χ3n) is 8.20. The van der Waals surface area contributed by atoms with Crippen LogP contribution in [0.3, 0.4) is 0 Å². The Hall–Kier alpha value is -5.40. The highest BCUT2D eigenvalue weighted by Gasteiger charge is 2.21. The molecule has 0 N–H and O–H groups in total. The second-order valence-electron chi connectivity index (χ2n) is 10.4. The van der Waals surface area contributed by atoms with Crippen LogP contribution in [0.4, 0.5) is 0 Å². The minimum Gasteiger partial charge on any atom is -0.455 e. The first-order valence-corrected chi connectivity index (χ1v) is 13.6. The summed E-state index contributed by atoms with van der Waals surface area (Å²) in [6.07, 6.45) is 0. The molecule has 0 unspecified atom stereocenters. The van der Waals surface area contributed by atoms with E-state index in [2.05, 4.69) is 78.9 Å². The van der Waals surface area contributed by atoms with E-state index in [9.17, 15) is 0 Å². The molecule has 8 aromatic carbocycles. The lowest BCUT2D eigenvalue weighted by Gasteiger charge is -2.19. The molecule has 0 saturated carbocycles. The number of hydrogen-bond acceptors (Lipinski definition) is 1. The molecule has 9 aromatic rings. The zero-order valence-corrected chi connectivity index (χ0v) is 21.8. The molecule has 0 aliphatic rings. The predicted molar refractivity (Wildman–Crippen MR) is 175 cm³/mol. The summed E-state index contributed by atoms with van der Waals surface area (Å²) >= 11 is 0. The van der Waals surface area contributed by atoms with Crippen LogP contribution in [-0.2, 0) is 0 Å². The lowest BCUT2D eigenvalue weighted by Crippen LogP contribution is -1.91. The normalized spacial score (nSPS) is 14.0. The van der Waals surface area contributed by atoms with Crippen molar-refractivity contribution in [1.29, 1.82) is 0 Å². The van der Waals surface area contributed by atoms with Crippen LogP contribution >= 0.6 is 0 Å². The molecular formula is C40H24O. The molecule has 0 fully saturated rings. The van der Waals surface area contributed by atoms with Crippen molar-refractivity contribution in [3.63, 3.8) is 0 Å². The van der Waals surface area contributed by atoms with E-state index < -0.39 is 6.04 Å². The third kappa shape index (κ3) is 3.18. The molecule has 0 aliphatic carbocycles. The molecular weight excluding hydrogens is 496 g/mol. The van der Waals surface area contributed by atoms with E-state index in [0.717, 1.165) is 54.6 Å². The van der Waals surface area contributed by atoms with Crippen LogP contribution in [0.25, 0.3) is 87.3 Å². The van der Waals surface area contributed by atoms with Gasteiger partial charge in [0.1, 0.15) is 11.2 Å². The van der Waals surface area contributed by atoms with Gasteiger partial charge in [-0.3, -0.25) is 0 Å². The van der Waals surface area contributed by atoms with Crippen LogP contribution in [0, 0.1) is 0 Å². The second kappa shape index (κ2) is 8.55. The van der Waals surface area contributed by atoms with Crippen molar-refractivity contribution >= 4 is 65.0 Å². The smallest absolute Gasteiger partial charge is 0.143 e. The third-order valence-corrected chi connectivity index (χ3v) is 8.20. The zero-order chi connectivity index (χ0) is 32.1. The average molecular weight is 527 g/mol. The molecule has 1 aromatic heterocycles. The monoisotopic (exact) mass is 526 g/mol. The fraction of sp³-hybridized carbons (Fsp3) is 0. The Kier molecular flexibility index (Phi) is 3.61. The number of benzene rings is 8. The molecule has 0 aliphatic heterocycles. The van der Waals surface area contributed by atoms with Crippen molar-refractivity contribution in [3.05, 3.63) is 145 Å². The highest BCUT2D eigenvalue weighted by Crippen LogP contribution is 2.48. The average Bonchev–Trinajstić information content (AvgIpc) is 3.50. The van der Waals surface area contributed by atoms with E-state index >= 15 is 0 Å². The number of hydrogen-bond donors (Lipinski definition) is 0. The minimum absolute atomic E-state index is 0.0222. The van der Waals surface area contributed by atoms with Crippen molar-refractivity contribution in [1.82, 2.24) is 0 Å². The van der Waals surface area contributed by atoms with Gasteiger partial charge in [-0.05, 0) is 72.1 Å². The van der Waals surface area contributed by atoms with Gasteiger partial charge in [0.2, 0.25) is 0 Å². The summed E-state index contributed by atoms with van der Waals surface area (Å²) in [5, 5.41) is 7.41. The Morgan fingerprint density at radius 2 is 1.05 bits per heavy atom. The summed E-state index contributed by atoms with van der Waals surface area (Å²) in [5.74, 6) is 0. The van der Waals surface area contributed by atoms with Crippen LogP contribution in [0.1, 0.15) is 8.22 Å². The van der Waals surface area contributed by atoms with Crippen molar-refractivity contribution < 1.29 is 12.6 Å². The molecule has 0 amide bonds. The Labute approximate surface area is 245 Å². The van der Waals surface area contributed by atoms with Gasteiger partial charge < -0.3 is 4.42 Å². The maximum Gasteiger partial charge on any atom is 0.143 e. The van der Waals surface area contributed by atoms with E-state index in [4.69, 9.17) is 12.6 Å². The van der Waals surface area contributed by atoms with Gasteiger partial charge in [0.15, 0.2) is 0 Å². The number of rotatable bonds is 2. The summed E-state index contributed by atoms with van der Waals surface area (Å²) < 4.78 is 58.4.